The Labute approximate surface area is 108 Å². The van der Waals surface area contributed by atoms with Crippen molar-refractivity contribution in [3.8, 4) is 0 Å². The molecular weight excluding hydrogens is 234 g/mol. The third-order valence-corrected chi connectivity index (χ3v) is 2.61. The minimum Gasteiger partial charge on any atom is -0.445 e. The van der Waals surface area contributed by atoms with E-state index in [9.17, 15) is 4.79 Å². The lowest BCUT2D eigenvalue weighted by atomic mass is 10.0. The predicted molar refractivity (Wildman–Crippen MR) is 72.3 cm³/mol. The van der Waals surface area contributed by atoms with Crippen LogP contribution in [0.25, 0.3) is 0 Å². The molecule has 0 saturated heterocycles. The van der Waals surface area contributed by atoms with Crippen LogP contribution < -0.4 is 5.32 Å². The SMILES string of the molecule is CC(C)(CCS)NC(=O)OCc1ccccc1. The first-order valence-corrected chi connectivity index (χ1v) is 6.26. The predicted octanol–water partition coefficient (Wildman–Crippen LogP) is 3.01. The molecule has 0 atom stereocenters. The molecule has 1 N–H and O–H groups in total. The molecule has 0 heterocycles. The first-order valence-electron chi connectivity index (χ1n) is 5.63. The standard InChI is InChI=1S/C13H19NO2S/c1-13(2,8-9-17)14-12(15)16-10-11-6-4-3-5-7-11/h3-7,17H,8-10H2,1-2H3,(H,14,15). The summed E-state index contributed by atoms with van der Waals surface area (Å²) in [7, 11) is 0. The zero-order valence-corrected chi connectivity index (χ0v) is 11.2. The fourth-order valence-electron chi connectivity index (χ4n) is 1.38. The summed E-state index contributed by atoms with van der Waals surface area (Å²) in [5, 5.41) is 2.82. The molecule has 0 aliphatic rings. The quantitative estimate of drug-likeness (QED) is 0.792. The largest absolute Gasteiger partial charge is 0.445 e. The zero-order chi connectivity index (χ0) is 12.7. The van der Waals surface area contributed by atoms with Crippen molar-refractivity contribution in [3.63, 3.8) is 0 Å². The van der Waals surface area contributed by atoms with Crippen LogP contribution in [0.4, 0.5) is 4.79 Å². The van der Waals surface area contributed by atoms with Crippen LogP contribution in [0, 0.1) is 0 Å². The second-order valence-corrected chi connectivity index (χ2v) is 4.99. The number of carbonyl (C=O) groups excluding carboxylic acids is 1. The van der Waals surface area contributed by atoms with Crippen LogP contribution in [-0.2, 0) is 11.3 Å². The van der Waals surface area contributed by atoms with Crippen molar-refractivity contribution in [1.29, 1.82) is 0 Å². The van der Waals surface area contributed by atoms with E-state index in [1.165, 1.54) is 0 Å². The maximum atomic E-state index is 11.5. The molecule has 0 spiro atoms. The number of alkyl carbamates (subject to hydrolysis) is 1. The summed E-state index contributed by atoms with van der Waals surface area (Å²) in [4.78, 5) is 11.5. The van der Waals surface area contributed by atoms with Gasteiger partial charge in [0.25, 0.3) is 0 Å². The molecule has 3 nitrogen and oxygen atoms in total. The van der Waals surface area contributed by atoms with Gasteiger partial charge in [0.1, 0.15) is 6.61 Å². The third kappa shape index (κ3) is 5.63. The first kappa shape index (κ1) is 13.9. The van der Waals surface area contributed by atoms with Crippen LogP contribution in [0.5, 0.6) is 0 Å². The second kappa shape index (κ2) is 6.55. The molecule has 1 aromatic rings. The number of thiol groups is 1. The fourth-order valence-corrected chi connectivity index (χ4v) is 1.94. The maximum Gasteiger partial charge on any atom is 0.407 e. The van der Waals surface area contributed by atoms with Gasteiger partial charge in [-0.3, -0.25) is 0 Å². The van der Waals surface area contributed by atoms with Gasteiger partial charge < -0.3 is 10.1 Å². The monoisotopic (exact) mass is 253 g/mol. The van der Waals surface area contributed by atoms with E-state index in [1.54, 1.807) is 0 Å². The van der Waals surface area contributed by atoms with Gasteiger partial charge in [-0.2, -0.15) is 12.6 Å². The van der Waals surface area contributed by atoms with Crippen molar-refractivity contribution < 1.29 is 9.53 Å². The zero-order valence-electron chi connectivity index (χ0n) is 10.3. The molecule has 0 aromatic heterocycles. The topological polar surface area (TPSA) is 38.3 Å². The Balaban J connectivity index is 2.35. The number of hydrogen-bond acceptors (Lipinski definition) is 3. The van der Waals surface area contributed by atoms with Crippen LogP contribution >= 0.6 is 12.6 Å². The Hall–Kier alpha value is -1.16. The highest BCUT2D eigenvalue weighted by molar-refractivity contribution is 7.80. The van der Waals surface area contributed by atoms with Gasteiger partial charge in [0.2, 0.25) is 0 Å². The van der Waals surface area contributed by atoms with Gasteiger partial charge in [-0.15, -0.1) is 0 Å². The highest BCUT2D eigenvalue weighted by Gasteiger charge is 2.19. The molecule has 0 radical (unpaired) electrons. The summed E-state index contributed by atoms with van der Waals surface area (Å²) in [6, 6.07) is 9.61. The number of hydrogen-bond donors (Lipinski definition) is 2. The van der Waals surface area contributed by atoms with E-state index in [2.05, 4.69) is 17.9 Å². The van der Waals surface area contributed by atoms with Crippen molar-refractivity contribution in [1.82, 2.24) is 5.32 Å². The van der Waals surface area contributed by atoms with Crippen LogP contribution in [0.3, 0.4) is 0 Å². The number of rotatable bonds is 5. The molecule has 0 aliphatic carbocycles. The van der Waals surface area contributed by atoms with E-state index in [-0.39, 0.29) is 11.6 Å². The lowest BCUT2D eigenvalue weighted by Crippen LogP contribution is -2.43. The van der Waals surface area contributed by atoms with Gasteiger partial charge in [-0.25, -0.2) is 4.79 Å². The molecular formula is C13H19NO2S. The summed E-state index contributed by atoms with van der Waals surface area (Å²) in [6.45, 7) is 4.20. The Morgan fingerprint density at radius 3 is 2.59 bits per heavy atom. The lowest BCUT2D eigenvalue weighted by Gasteiger charge is -2.24. The van der Waals surface area contributed by atoms with Gasteiger partial charge in [0, 0.05) is 5.54 Å². The van der Waals surface area contributed by atoms with E-state index >= 15 is 0 Å². The minimum atomic E-state index is -0.388. The molecule has 0 fully saturated rings. The van der Waals surface area contributed by atoms with E-state index in [1.807, 2.05) is 44.2 Å². The third-order valence-electron chi connectivity index (χ3n) is 2.39. The maximum absolute atomic E-state index is 11.5. The average Bonchev–Trinajstić information content (AvgIpc) is 2.27. The molecule has 0 aliphatic heterocycles. The number of amides is 1. The smallest absolute Gasteiger partial charge is 0.407 e. The van der Waals surface area contributed by atoms with Crippen molar-refractivity contribution >= 4 is 18.7 Å². The number of nitrogens with one attached hydrogen (secondary N) is 1. The molecule has 17 heavy (non-hydrogen) atoms. The van der Waals surface area contributed by atoms with Crippen molar-refractivity contribution in [2.75, 3.05) is 5.75 Å². The normalized spacial score (nSPS) is 11.0. The number of benzene rings is 1. The highest BCUT2D eigenvalue weighted by atomic mass is 32.1. The van der Waals surface area contributed by atoms with Gasteiger partial charge in [0.05, 0.1) is 0 Å². The van der Waals surface area contributed by atoms with Crippen LogP contribution in [0.2, 0.25) is 0 Å². The van der Waals surface area contributed by atoms with Gasteiger partial charge >= 0.3 is 6.09 Å². The molecule has 1 amide bonds. The Morgan fingerprint density at radius 1 is 1.35 bits per heavy atom. The van der Waals surface area contributed by atoms with Crippen molar-refractivity contribution in [2.45, 2.75) is 32.4 Å². The van der Waals surface area contributed by atoms with Gasteiger partial charge in [-0.1, -0.05) is 30.3 Å². The summed E-state index contributed by atoms with van der Waals surface area (Å²) in [6.07, 6.45) is 0.414. The molecule has 1 aromatic carbocycles. The molecule has 4 heteroatoms. The minimum absolute atomic E-state index is 0.282. The Kier molecular flexibility index (Phi) is 5.35. The van der Waals surface area contributed by atoms with Gasteiger partial charge in [0.15, 0.2) is 0 Å². The highest BCUT2D eigenvalue weighted by Crippen LogP contribution is 2.09. The summed E-state index contributed by atoms with van der Waals surface area (Å²) in [5.74, 6) is 0.728. The Morgan fingerprint density at radius 2 is 2.00 bits per heavy atom. The summed E-state index contributed by atoms with van der Waals surface area (Å²) >= 11 is 4.15. The number of carbonyl (C=O) groups is 1. The molecule has 1 rings (SSSR count). The van der Waals surface area contributed by atoms with Crippen LogP contribution in [0.15, 0.2) is 30.3 Å². The van der Waals surface area contributed by atoms with E-state index in [0.29, 0.717) is 6.61 Å². The van der Waals surface area contributed by atoms with Crippen LogP contribution in [-0.4, -0.2) is 17.4 Å². The Bertz CT molecular complexity index is 352. The van der Waals surface area contributed by atoms with Gasteiger partial charge in [-0.05, 0) is 31.6 Å². The number of ether oxygens (including phenoxy) is 1. The molecule has 0 bridgehead atoms. The average molecular weight is 253 g/mol. The molecule has 94 valence electrons. The summed E-state index contributed by atoms with van der Waals surface area (Å²) in [5.41, 5.74) is 0.699. The second-order valence-electron chi connectivity index (χ2n) is 4.54. The van der Waals surface area contributed by atoms with E-state index < -0.39 is 0 Å². The van der Waals surface area contributed by atoms with Crippen molar-refractivity contribution in [2.24, 2.45) is 0 Å². The first-order chi connectivity index (χ1) is 8.03. The van der Waals surface area contributed by atoms with Crippen molar-refractivity contribution in [3.05, 3.63) is 35.9 Å². The van der Waals surface area contributed by atoms with Crippen LogP contribution in [0.1, 0.15) is 25.8 Å². The lowest BCUT2D eigenvalue weighted by molar-refractivity contribution is 0.129. The summed E-state index contributed by atoms with van der Waals surface area (Å²) < 4.78 is 5.14. The molecule has 0 unspecified atom stereocenters. The van der Waals surface area contributed by atoms with E-state index in [0.717, 1.165) is 17.7 Å². The van der Waals surface area contributed by atoms with E-state index in [4.69, 9.17) is 4.74 Å². The fraction of sp³-hybridized carbons (Fsp3) is 0.462. The molecule has 0 saturated carbocycles.